The topological polar surface area (TPSA) is 0 Å². The highest BCUT2D eigenvalue weighted by atomic mass is 27.2. The van der Waals surface area contributed by atoms with Gasteiger partial charge in [0.25, 0.3) is 14.1 Å². The predicted molar refractivity (Wildman–Crippen MR) is 97.4 cm³/mol. The highest BCUT2D eigenvalue weighted by Crippen LogP contribution is 2.07. The molecule has 0 aliphatic rings. The number of hydrogen-bond donors (Lipinski definition) is 0. The molecule has 0 amide bonds. The van der Waals surface area contributed by atoms with Gasteiger partial charge in [-0.2, -0.15) is 0 Å². The fourth-order valence-electron chi connectivity index (χ4n) is 1.69. The number of allylic oxidation sites excluding steroid dienone is 5. The van der Waals surface area contributed by atoms with Crippen LogP contribution in [0, 0.1) is 12.3 Å². The van der Waals surface area contributed by atoms with Gasteiger partial charge >= 0.3 is 0 Å². The van der Waals surface area contributed by atoms with Gasteiger partial charge in [-0.3, -0.25) is 0 Å². The first-order chi connectivity index (χ1) is 9.29. The van der Waals surface area contributed by atoms with Gasteiger partial charge in [-0.05, 0) is 53.9 Å². The SMILES string of the molecule is C#CCCC=C(C)C.CC(C)=CCC/C(C)=[CH]/[Al]([CH3])[CH3]. The van der Waals surface area contributed by atoms with Crippen molar-refractivity contribution in [3.05, 3.63) is 33.8 Å². The second kappa shape index (κ2) is 14.7. The van der Waals surface area contributed by atoms with Gasteiger partial charge in [0.15, 0.2) is 0 Å². The molecule has 0 N–H and O–H groups in total. The molecule has 0 bridgehead atoms. The van der Waals surface area contributed by atoms with Gasteiger partial charge in [-0.25, -0.2) is 0 Å². The Morgan fingerprint density at radius 1 is 0.950 bits per heavy atom. The van der Waals surface area contributed by atoms with E-state index in [9.17, 15) is 0 Å². The lowest BCUT2D eigenvalue weighted by Gasteiger charge is -1.99. The van der Waals surface area contributed by atoms with Crippen LogP contribution in [0.5, 0.6) is 0 Å². The van der Waals surface area contributed by atoms with Crippen molar-refractivity contribution in [1.29, 1.82) is 0 Å². The number of hydrogen-bond acceptors (Lipinski definition) is 0. The molecule has 1 heteroatoms. The summed E-state index contributed by atoms with van der Waals surface area (Å²) in [6, 6.07) is 0. The van der Waals surface area contributed by atoms with E-state index in [1.54, 1.807) is 5.57 Å². The summed E-state index contributed by atoms with van der Waals surface area (Å²) in [6.07, 6.45) is 13.9. The molecule has 0 fully saturated rings. The van der Waals surface area contributed by atoms with E-state index < -0.39 is 14.1 Å². The molecule has 0 saturated heterocycles. The van der Waals surface area contributed by atoms with Crippen LogP contribution in [0.2, 0.25) is 11.6 Å². The summed E-state index contributed by atoms with van der Waals surface area (Å²) in [7, 11) is 0. The number of rotatable bonds is 6. The third-order valence-corrected chi connectivity index (χ3v) is 3.79. The Bertz CT molecular complexity index is 354. The molecule has 0 radical (unpaired) electrons. The van der Waals surface area contributed by atoms with Crippen molar-refractivity contribution < 1.29 is 0 Å². The van der Waals surface area contributed by atoms with E-state index in [0.717, 1.165) is 12.8 Å². The zero-order chi connectivity index (χ0) is 16.0. The summed E-state index contributed by atoms with van der Waals surface area (Å²) in [5.41, 5.74) is 4.36. The second-order valence-corrected chi connectivity index (χ2v) is 8.92. The average molecular weight is 288 g/mol. The van der Waals surface area contributed by atoms with Gasteiger partial charge < -0.3 is 0 Å². The van der Waals surface area contributed by atoms with Crippen LogP contribution in [0.15, 0.2) is 33.8 Å². The fourth-order valence-corrected chi connectivity index (χ4v) is 2.99. The monoisotopic (exact) mass is 288 g/mol. The highest BCUT2D eigenvalue weighted by molar-refractivity contribution is 6.61. The molecular formula is C19H33Al. The molecule has 0 aromatic rings. The minimum absolute atomic E-state index is 0.478. The first-order valence-corrected chi connectivity index (χ1v) is 10.6. The maximum atomic E-state index is 5.04. The Balaban J connectivity index is 0. The van der Waals surface area contributed by atoms with E-state index >= 15 is 0 Å². The van der Waals surface area contributed by atoms with Gasteiger partial charge in [0.05, 0.1) is 0 Å². The van der Waals surface area contributed by atoms with Crippen molar-refractivity contribution >= 4 is 14.1 Å². The van der Waals surface area contributed by atoms with Crippen molar-refractivity contribution in [3.8, 4) is 12.3 Å². The van der Waals surface area contributed by atoms with Crippen molar-refractivity contribution in [3.63, 3.8) is 0 Å². The summed E-state index contributed by atoms with van der Waals surface area (Å²) in [5, 5.41) is 0. The largest absolute Gasteiger partial charge is 0.288 e. The summed E-state index contributed by atoms with van der Waals surface area (Å²) >= 11 is -0.478. The van der Waals surface area contributed by atoms with Gasteiger partial charge in [-0.1, -0.05) is 28.9 Å². The van der Waals surface area contributed by atoms with Crippen LogP contribution < -0.4 is 0 Å². The second-order valence-electron chi connectivity index (χ2n) is 6.10. The standard InChI is InChI=1S/C9H15.C8H12.2CH3.Al/c1-8(2)6-5-7-9(3)4;1-4-5-6-7-8(2)3;;;/h1,7H,5-6H2,2-4H3;1,7H,5-6H2,2-3H3;2*1H3;. The third kappa shape index (κ3) is 22.5. The van der Waals surface area contributed by atoms with Gasteiger partial charge in [-0.15, -0.1) is 28.9 Å². The van der Waals surface area contributed by atoms with E-state index in [2.05, 4.69) is 69.2 Å². The Kier molecular flexibility index (Phi) is 15.9. The van der Waals surface area contributed by atoms with E-state index in [-0.39, 0.29) is 0 Å². The van der Waals surface area contributed by atoms with Crippen LogP contribution >= 0.6 is 0 Å². The highest BCUT2D eigenvalue weighted by Gasteiger charge is 1.96. The minimum Gasteiger partial charge on any atom is -0.146 e. The van der Waals surface area contributed by atoms with Gasteiger partial charge in [0.2, 0.25) is 0 Å². The molecule has 0 aliphatic heterocycles. The van der Waals surface area contributed by atoms with Gasteiger partial charge in [0, 0.05) is 6.42 Å². The van der Waals surface area contributed by atoms with Crippen LogP contribution in [0.25, 0.3) is 0 Å². The van der Waals surface area contributed by atoms with Crippen molar-refractivity contribution in [1.82, 2.24) is 0 Å². The van der Waals surface area contributed by atoms with Crippen LogP contribution in [0.1, 0.15) is 60.3 Å². The molecule has 0 aromatic heterocycles. The zero-order valence-electron chi connectivity index (χ0n) is 14.7. The maximum absolute atomic E-state index is 5.04. The molecule has 0 aromatic carbocycles. The lowest BCUT2D eigenvalue weighted by molar-refractivity contribution is 0.969. The first kappa shape index (κ1) is 21.6. The molecular weight excluding hydrogens is 255 g/mol. The van der Waals surface area contributed by atoms with Crippen LogP contribution in [0.4, 0.5) is 0 Å². The first-order valence-electron chi connectivity index (χ1n) is 7.67. The molecule has 0 nitrogen and oxygen atoms in total. The van der Waals surface area contributed by atoms with Crippen LogP contribution in [-0.4, -0.2) is 14.1 Å². The molecule has 0 unspecified atom stereocenters. The van der Waals surface area contributed by atoms with E-state index in [4.69, 9.17) is 6.42 Å². The summed E-state index contributed by atoms with van der Waals surface area (Å²) in [5.74, 6) is 7.31. The lowest BCUT2D eigenvalue weighted by atomic mass is 10.1. The fraction of sp³-hybridized carbons (Fsp3) is 0.579. The van der Waals surface area contributed by atoms with Crippen molar-refractivity contribution in [2.75, 3.05) is 0 Å². The van der Waals surface area contributed by atoms with E-state index in [0.29, 0.717) is 0 Å². The van der Waals surface area contributed by atoms with E-state index in [1.807, 2.05) is 0 Å². The zero-order valence-corrected chi connectivity index (χ0v) is 15.9. The third-order valence-electron chi connectivity index (χ3n) is 2.55. The van der Waals surface area contributed by atoms with Crippen LogP contribution in [-0.2, 0) is 0 Å². The Morgan fingerprint density at radius 3 is 1.85 bits per heavy atom. The van der Waals surface area contributed by atoms with Crippen molar-refractivity contribution in [2.24, 2.45) is 0 Å². The quantitative estimate of drug-likeness (QED) is 0.231. The van der Waals surface area contributed by atoms with Crippen LogP contribution in [0.3, 0.4) is 0 Å². The van der Waals surface area contributed by atoms with Gasteiger partial charge in [0.1, 0.15) is 0 Å². The normalized spacial score (nSPS) is 9.80. The Labute approximate surface area is 132 Å². The van der Waals surface area contributed by atoms with Crippen molar-refractivity contribution in [2.45, 2.75) is 71.9 Å². The minimum atomic E-state index is -0.478. The molecule has 0 heterocycles. The summed E-state index contributed by atoms with van der Waals surface area (Å²) < 4.78 is 0. The maximum Gasteiger partial charge on any atom is 0.288 e. The smallest absolute Gasteiger partial charge is 0.146 e. The summed E-state index contributed by atoms with van der Waals surface area (Å²) in [4.78, 5) is 2.48. The molecule has 0 aliphatic carbocycles. The molecule has 0 spiro atoms. The molecule has 112 valence electrons. The Morgan fingerprint density at radius 2 is 1.45 bits per heavy atom. The lowest BCUT2D eigenvalue weighted by Crippen LogP contribution is -1.95. The molecule has 0 atom stereocenters. The molecule has 0 rings (SSSR count). The van der Waals surface area contributed by atoms with E-state index in [1.165, 1.54) is 24.0 Å². The summed E-state index contributed by atoms with van der Waals surface area (Å²) in [6.45, 7) is 10.7. The Hall–Kier alpha value is -0.688. The molecule has 0 saturated carbocycles. The molecule has 20 heavy (non-hydrogen) atoms. The average Bonchev–Trinajstić information content (AvgIpc) is 2.28. The number of unbranched alkanes of at least 4 members (excludes halogenated alkanes) is 1. The predicted octanol–water partition coefficient (Wildman–Crippen LogP) is 6.34. The number of terminal acetylenes is 1.